The summed E-state index contributed by atoms with van der Waals surface area (Å²) in [5.41, 5.74) is 0.960. The number of allylic oxidation sites excluding steroid dienone is 1. The normalized spacial score (nSPS) is 21.8. The van der Waals surface area contributed by atoms with Gasteiger partial charge in [-0.2, -0.15) is 0 Å². The molecule has 0 amide bonds. The van der Waals surface area contributed by atoms with Gasteiger partial charge in [0.25, 0.3) is 0 Å². The number of hydrogen-bond donors (Lipinski definition) is 1. The first-order valence-corrected chi connectivity index (χ1v) is 8.50. The zero-order valence-electron chi connectivity index (χ0n) is 14.0. The standard InChI is InChI=1S/C20H18F2N2O2/c21-13-1-4-15(5-2-13)24-12-16-10-17(24)11-23(16)8-7-20(26)18-9-14(22)3-6-19(18)25/h1-9,16-17,25H,10-12H2/b8-7+/t16-,17-/m1/s1. The number of likely N-dealkylation sites (tertiary alicyclic amines) is 1. The van der Waals surface area contributed by atoms with E-state index < -0.39 is 11.6 Å². The van der Waals surface area contributed by atoms with E-state index in [-0.39, 0.29) is 23.2 Å². The van der Waals surface area contributed by atoms with E-state index in [1.54, 1.807) is 18.3 Å². The van der Waals surface area contributed by atoms with Crippen molar-refractivity contribution in [3.8, 4) is 5.75 Å². The first-order valence-electron chi connectivity index (χ1n) is 8.50. The van der Waals surface area contributed by atoms with Crippen molar-refractivity contribution in [3.63, 3.8) is 0 Å². The first-order chi connectivity index (χ1) is 12.5. The molecule has 1 N–H and O–H groups in total. The number of nitrogens with zero attached hydrogens (tertiary/aromatic N) is 2. The largest absolute Gasteiger partial charge is 0.507 e. The minimum absolute atomic E-state index is 0.0430. The van der Waals surface area contributed by atoms with Gasteiger partial charge in [0.15, 0.2) is 5.78 Å². The zero-order valence-corrected chi connectivity index (χ0v) is 14.0. The molecule has 4 nitrogen and oxygen atoms in total. The number of hydrogen-bond acceptors (Lipinski definition) is 4. The van der Waals surface area contributed by atoms with E-state index in [4.69, 9.17) is 0 Å². The second kappa shape index (κ2) is 6.44. The number of benzene rings is 2. The van der Waals surface area contributed by atoms with Crippen LogP contribution < -0.4 is 4.90 Å². The Kier molecular flexibility index (Phi) is 4.11. The Hall–Kier alpha value is -2.89. The fourth-order valence-corrected chi connectivity index (χ4v) is 3.79. The van der Waals surface area contributed by atoms with E-state index in [1.165, 1.54) is 24.3 Å². The van der Waals surface area contributed by atoms with E-state index in [0.29, 0.717) is 6.04 Å². The van der Waals surface area contributed by atoms with Crippen molar-refractivity contribution in [2.45, 2.75) is 18.5 Å². The van der Waals surface area contributed by atoms with Gasteiger partial charge >= 0.3 is 0 Å². The number of aromatic hydroxyl groups is 1. The molecule has 0 radical (unpaired) electrons. The highest BCUT2D eigenvalue weighted by Crippen LogP contribution is 2.34. The highest BCUT2D eigenvalue weighted by atomic mass is 19.1. The first kappa shape index (κ1) is 16.6. The predicted octanol–water partition coefficient (Wildman–Crippen LogP) is 3.33. The van der Waals surface area contributed by atoms with Crippen molar-refractivity contribution in [1.82, 2.24) is 4.90 Å². The third-order valence-corrected chi connectivity index (χ3v) is 5.08. The van der Waals surface area contributed by atoms with Crippen molar-refractivity contribution in [3.05, 3.63) is 71.9 Å². The molecular weight excluding hydrogens is 338 g/mol. The molecule has 2 atom stereocenters. The van der Waals surface area contributed by atoms with Gasteiger partial charge in [0.05, 0.1) is 5.56 Å². The van der Waals surface area contributed by atoms with Crippen LogP contribution in [0.3, 0.4) is 0 Å². The third-order valence-electron chi connectivity index (χ3n) is 5.08. The number of phenolic OH excluding ortho intramolecular Hbond substituents is 1. The SMILES string of the molecule is O=C(/C=C/N1C[C@H]2C[C@@H]1CN2c1ccc(F)cc1)c1cc(F)ccc1O. The number of halogens is 2. The molecule has 2 saturated heterocycles. The van der Waals surface area contributed by atoms with Gasteiger partial charge in [0.1, 0.15) is 17.4 Å². The van der Waals surface area contributed by atoms with E-state index in [9.17, 15) is 18.7 Å². The number of carbonyl (C=O) groups excluding carboxylic acids is 1. The average molecular weight is 356 g/mol. The number of anilines is 1. The van der Waals surface area contributed by atoms with Crippen LogP contribution in [0.15, 0.2) is 54.7 Å². The lowest BCUT2D eigenvalue weighted by molar-refractivity contribution is 0.104. The van der Waals surface area contributed by atoms with Crippen LogP contribution in [-0.4, -0.2) is 41.0 Å². The Labute approximate surface area is 150 Å². The number of rotatable bonds is 4. The summed E-state index contributed by atoms with van der Waals surface area (Å²) in [4.78, 5) is 16.6. The number of carbonyl (C=O) groups is 1. The summed E-state index contributed by atoms with van der Waals surface area (Å²) in [5, 5.41) is 9.71. The van der Waals surface area contributed by atoms with Crippen LogP contribution in [0, 0.1) is 11.6 Å². The fraction of sp³-hybridized carbons (Fsp3) is 0.250. The molecule has 0 spiro atoms. The van der Waals surface area contributed by atoms with Crippen LogP contribution in [-0.2, 0) is 0 Å². The Bertz CT molecular complexity index is 867. The summed E-state index contributed by atoms with van der Waals surface area (Å²) >= 11 is 0. The van der Waals surface area contributed by atoms with Gasteiger partial charge in [0, 0.05) is 43.1 Å². The smallest absolute Gasteiger partial charge is 0.191 e. The summed E-state index contributed by atoms with van der Waals surface area (Å²) in [5.74, 6) is -1.47. The second-order valence-corrected chi connectivity index (χ2v) is 6.71. The maximum Gasteiger partial charge on any atom is 0.191 e. The van der Waals surface area contributed by atoms with Gasteiger partial charge in [-0.15, -0.1) is 0 Å². The van der Waals surface area contributed by atoms with E-state index in [1.807, 2.05) is 0 Å². The quantitative estimate of drug-likeness (QED) is 0.674. The molecule has 2 heterocycles. The lowest BCUT2D eigenvalue weighted by Gasteiger charge is -2.35. The molecule has 2 aromatic carbocycles. The van der Waals surface area contributed by atoms with Crippen LogP contribution >= 0.6 is 0 Å². The summed E-state index contributed by atoms with van der Waals surface area (Å²) in [6, 6.07) is 10.4. The van der Waals surface area contributed by atoms with Gasteiger partial charge in [0.2, 0.25) is 0 Å². The third kappa shape index (κ3) is 3.03. The Morgan fingerprint density at radius 3 is 2.46 bits per heavy atom. The monoisotopic (exact) mass is 356 g/mol. The van der Waals surface area contributed by atoms with Gasteiger partial charge in [-0.05, 0) is 48.9 Å². The zero-order chi connectivity index (χ0) is 18.3. The summed E-state index contributed by atoms with van der Waals surface area (Å²) in [6.45, 7) is 1.57. The molecule has 0 saturated carbocycles. The molecule has 0 unspecified atom stereocenters. The van der Waals surface area contributed by atoms with Crippen LogP contribution in [0.25, 0.3) is 0 Å². The maximum absolute atomic E-state index is 13.3. The minimum atomic E-state index is -0.560. The van der Waals surface area contributed by atoms with Crippen molar-refractivity contribution >= 4 is 11.5 Å². The number of phenols is 1. The molecule has 0 aromatic heterocycles. The summed E-state index contributed by atoms with van der Waals surface area (Å²) in [7, 11) is 0. The van der Waals surface area contributed by atoms with Crippen molar-refractivity contribution in [2.75, 3.05) is 18.0 Å². The Balaban J connectivity index is 1.42. The Morgan fingerprint density at radius 1 is 1.04 bits per heavy atom. The molecule has 2 fully saturated rings. The highest BCUT2D eigenvalue weighted by Gasteiger charge is 2.42. The van der Waals surface area contributed by atoms with Crippen LogP contribution in [0.2, 0.25) is 0 Å². The molecule has 2 bridgehead atoms. The predicted molar refractivity (Wildman–Crippen MR) is 94.2 cm³/mol. The Morgan fingerprint density at radius 2 is 1.77 bits per heavy atom. The number of ketones is 1. The molecule has 6 heteroatoms. The molecular formula is C20H18F2N2O2. The van der Waals surface area contributed by atoms with Crippen molar-refractivity contribution in [2.24, 2.45) is 0 Å². The summed E-state index contributed by atoms with van der Waals surface area (Å²) in [6.07, 6.45) is 4.07. The van der Waals surface area contributed by atoms with Crippen molar-refractivity contribution in [1.29, 1.82) is 0 Å². The molecule has 2 aliphatic heterocycles. The molecule has 0 aliphatic carbocycles. The van der Waals surface area contributed by atoms with Crippen LogP contribution in [0.4, 0.5) is 14.5 Å². The van der Waals surface area contributed by atoms with Gasteiger partial charge < -0.3 is 14.9 Å². The van der Waals surface area contributed by atoms with E-state index in [2.05, 4.69) is 9.80 Å². The van der Waals surface area contributed by atoms with Gasteiger partial charge in [-0.1, -0.05) is 0 Å². The molecule has 134 valence electrons. The topological polar surface area (TPSA) is 43.8 Å². The second-order valence-electron chi connectivity index (χ2n) is 6.71. The minimum Gasteiger partial charge on any atom is -0.507 e. The van der Waals surface area contributed by atoms with Crippen LogP contribution in [0.1, 0.15) is 16.8 Å². The highest BCUT2D eigenvalue weighted by molar-refractivity contribution is 6.06. The molecule has 2 aromatic rings. The maximum atomic E-state index is 13.3. The molecule has 2 aliphatic rings. The van der Waals surface area contributed by atoms with Crippen molar-refractivity contribution < 1.29 is 18.7 Å². The number of fused-ring (bicyclic) bond motifs is 2. The van der Waals surface area contributed by atoms with E-state index >= 15 is 0 Å². The average Bonchev–Trinajstić information content (AvgIpc) is 3.23. The van der Waals surface area contributed by atoms with Crippen LogP contribution in [0.5, 0.6) is 5.75 Å². The lowest BCUT2D eigenvalue weighted by atomic mass is 10.1. The van der Waals surface area contributed by atoms with E-state index in [0.717, 1.165) is 37.3 Å². The summed E-state index contributed by atoms with van der Waals surface area (Å²) < 4.78 is 26.4. The number of piperazine rings is 1. The molecule has 4 rings (SSSR count). The van der Waals surface area contributed by atoms with Gasteiger partial charge in [-0.25, -0.2) is 8.78 Å². The van der Waals surface area contributed by atoms with Gasteiger partial charge in [-0.3, -0.25) is 4.79 Å². The lowest BCUT2D eigenvalue weighted by Crippen LogP contribution is -2.44. The molecule has 26 heavy (non-hydrogen) atoms. The fourth-order valence-electron chi connectivity index (χ4n) is 3.79.